The number of rotatable bonds is 1. The molecule has 0 radical (unpaired) electrons. The maximum Gasteiger partial charge on any atom is 0.130 e. The normalized spacial score (nSPS) is 19.3. The summed E-state index contributed by atoms with van der Waals surface area (Å²) < 4.78 is 7.14. The van der Waals surface area contributed by atoms with E-state index in [9.17, 15) is 0 Å². The molecule has 64 rings (SSSR count). The van der Waals surface area contributed by atoms with Gasteiger partial charge in [0.25, 0.3) is 0 Å². The van der Waals surface area contributed by atoms with Crippen LogP contribution in [0.25, 0.3) is 604 Å². The third-order valence-electron chi connectivity index (χ3n) is 45.9. The Kier molecular flexibility index (Phi) is 3.02. The lowest BCUT2D eigenvalue weighted by atomic mass is 9.58. The topological polar surface area (TPSA) is 9.86 Å². The molecule has 58 aromatic rings. The summed E-state index contributed by atoms with van der Waals surface area (Å²) in [6.45, 7) is 0. The summed E-state index contributed by atoms with van der Waals surface area (Å²) >= 11 is 0. The summed E-state index contributed by atoms with van der Waals surface area (Å²) in [5.74, 6) is 0. The van der Waals surface area contributed by atoms with E-state index in [2.05, 4.69) is 9.13 Å². The number of hydrogen-bond donors (Lipinski definition) is 0. The predicted octanol–water partition coefficient (Wildman–Crippen LogP) is 32.8. The maximum atomic E-state index is 3.57. The molecule has 2 aliphatic carbocycles. The first kappa shape index (κ1) is 40.9. The first-order valence-corrected chi connectivity index (χ1v) is 45.1. The van der Waals surface area contributed by atoms with Crippen molar-refractivity contribution in [3.05, 3.63) is 22.3 Å². The van der Waals surface area contributed by atoms with Crippen LogP contribution >= 0.6 is 0 Å². The summed E-state index contributed by atoms with van der Waals surface area (Å²) in [6, 6.07) is 0. The van der Waals surface area contributed by atoms with Crippen LogP contribution in [0.3, 0.4) is 0 Å². The summed E-state index contributed by atoms with van der Waals surface area (Å²) in [4.78, 5) is 0. The molecule has 0 saturated heterocycles. The van der Waals surface area contributed by atoms with E-state index in [1.54, 1.807) is 626 Å². The molecule has 0 bridgehead atoms. The van der Waals surface area contributed by atoms with Gasteiger partial charge in [0, 0.05) is 378 Å². The molecule has 2 nitrogen and oxygen atoms in total. The zero-order valence-electron chi connectivity index (χ0n) is 59.9. The van der Waals surface area contributed by atoms with Crippen LogP contribution < -0.4 is 0 Å². The van der Waals surface area contributed by atoms with Gasteiger partial charge in [-0.15, -0.1) is 0 Å². The second kappa shape index (κ2) is 8.86. The van der Waals surface area contributed by atoms with Crippen molar-refractivity contribution in [2.75, 3.05) is 0 Å². The second-order valence-corrected chi connectivity index (χ2v) is 45.5. The molecule has 120 heavy (non-hydrogen) atoms. The molecule has 56 aromatic carbocycles. The van der Waals surface area contributed by atoms with Crippen molar-refractivity contribution in [2.45, 2.75) is 11.1 Å². The van der Waals surface area contributed by atoms with Crippen molar-refractivity contribution >= 4 is 604 Å². The zero-order chi connectivity index (χ0) is 69.1. The van der Waals surface area contributed by atoms with Gasteiger partial charge in [0.1, 0.15) is 11.1 Å². The number of nitrogens with zero attached hydrogens (tertiary/aromatic N) is 2. The Morgan fingerprint density at radius 2 is 0.125 bits per heavy atom. The molecular weight excluding hydrogens is 1450 g/mol. The van der Waals surface area contributed by atoms with E-state index < -0.39 is 11.1 Å². The summed E-state index contributed by atoms with van der Waals surface area (Å²) in [6.07, 6.45) is 0. The Balaban J connectivity index is 0.804. The highest BCUT2D eigenvalue weighted by atomic mass is 15.2. The molecule has 2 heteroatoms. The van der Waals surface area contributed by atoms with Gasteiger partial charge in [-0.25, -0.2) is 0 Å². The molecule has 6 aliphatic rings. The smallest absolute Gasteiger partial charge is 0.130 e. The van der Waals surface area contributed by atoms with Crippen molar-refractivity contribution in [2.24, 2.45) is 0 Å². The van der Waals surface area contributed by atoms with Gasteiger partial charge < -0.3 is 9.13 Å². The summed E-state index contributed by atoms with van der Waals surface area (Å²) in [7, 11) is 0. The minimum absolute atomic E-state index is 0.860. The summed E-state index contributed by atoms with van der Waals surface area (Å²) in [5.41, 5.74) is 11.9. The molecule has 0 spiro atoms. The lowest BCUT2D eigenvalue weighted by Crippen LogP contribution is -2.60. The van der Waals surface area contributed by atoms with E-state index in [1.807, 2.05) is 0 Å². The number of benzene rings is 36. The molecule has 0 N–H and O–H groups in total. The monoisotopic (exact) mass is 1440 g/mol. The van der Waals surface area contributed by atoms with Crippen LogP contribution in [0.15, 0.2) is 0 Å². The highest BCUT2D eigenvalue weighted by Gasteiger charge is 2.74. The molecular formula is C118N2. The maximum absolute atomic E-state index is 3.57. The predicted molar refractivity (Wildman–Crippen MR) is 510 cm³/mol. The average Bonchev–Trinajstić information content (AvgIpc) is 1.38. The summed E-state index contributed by atoms with van der Waals surface area (Å²) in [5, 5.41) is 181. The van der Waals surface area contributed by atoms with Gasteiger partial charge in [-0.2, -0.15) is 0 Å². The molecule has 0 fully saturated rings. The van der Waals surface area contributed by atoms with Crippen LogP contribution in [-0.4, -0.2) is 9.13 Å². The van der Waals surface area contributed by atoms with Gasteiger partial charge in [0.2, 0.25) is 0 Å². The molecule has 0 amide bonds. The van der Waals surface area contributed by atoms with Crippen LogP contribution in [0.4, 0.5) is 0 Å². The Hall–Kier alpha value is -15.5. The molecule has 0 unspecified atom stereocenters. The zero-order valence-corrected chi connectivity index (χ0v) is 59.9. The standard InChI is InChI=1S/C118N2/c1-3-9-17-13-5(1)21-22-6(1)14-18-10(3)26-25(9)41-53-33(17)49-29(13)45-37(21)57-58-38(22)46-30(14)50-34(18)54-42(26)62-61(41)89-73(53)85-69(49)81-65(45)77(57)93-94-78(58)66(46)82-70(50)86-74(54)90(62)106-105(89)113-101(85)97(81)109(93)117(110(94)98(82)102(86)114(106)119(113)117)118-111-95-79-59-39-23-7-2-4-11-19-15(7)31-47(39)67(79)83-71-51(31)35(19)55-43-27(11)28-12(4)20-16-8(2)24(23)40-48-32(16)52-36(20)56-44(28)64-63(43)91-75(55)87(71)103(99(83)111)115-107(91)108-92(64)76(56)88-72(52)84-68(48)80(60(40)59)96(95)112(118)100(84)104(88)116(108)120(115)118. The fourth-order valence-electron chi connectivity index (χ4n) is 46.4. The van der Waals surface area contributed by atoms with Crippen molar-refractivity contribution in [3.8, 4) is 0 Å². The van der Waals surface area contributed by atoms with Crippen molar-refractivity contribution in [3.63, 3.8) is 0 Å². The molecule has 4 aliphatic heterocycles. The van der Waals surface area contributed by atoms with Crippen molar-refractivity contribution < 1.29 is 0 Å². The van der Waals surface area contributed by atoms with Gasteiger partial charge in [-0.1, -0.05) is 0 Å². The first-order chi connectivity index (χ1) is 60.0. The van der Waals surface area contributed by atoms with Gasteiger partial charge in [-0.3, -0.25) is 0 Å². The average molecular weight is 1450 g/mol. The van der Waals surface area contributed by atoms with E-state index in [0.29, 0.717) is 0 Å². The van der Waals surface area contributed by atoms with E-state index in [1.165, 1.54) is 0 Å². The number of aromatic nitrogens is 2. The van der Waals surface area contributed by atoms with Gasteiger partial charge in [0.15, 0.2) is 0 Å². The van der Waals surface area contributed by atoms with Crippen molar-refractivity contribution in [1.82, 2.24) is 9.13 Å². The first-order valence-electron chi connectivity index (χ1n) is 45.1. The molecule has 482 valence electrons. The largest absolute Gasteiger partial charge is 0.321 e. The fraction of sp³-hybridized carbons (Fsp3) is 0.0169. The second-order valence-electron chi connectivity index (χ2n) is 45.5. The van der Waals surface area contributed by atoms with Crippen LogP contribution in [-0.2, 0) is 11.1 Å². The van der Waals surface area contributed by atoms with E-state index in [4.69, 9.17) is 0 Å². The SMILES string of the molecule is c12c3c4c5c6c7c8c4c4c9c3c3c%10c1c1c%11c%10c%10c%12c3c9c3c9c4c8c4c8c7c7c%13c%14c8c8c4c9c4c3c%12c3c%10c9c%10c%12c3c4c8c%12c%14c3c%10c(c9%11)c4c(c3%13)c(c67)n(c14)C25C12c3c4c5c1c1c6c7c5c5c8c4c4c9c3c3c%10c9c9c%11c4c8c4c8c5c7c5c7c6c6c%12c%13c7c7c5c8c5c4c%11c4c9c8c9c%11c4c5c7c%11c%13c4c9c(c8%10)c5c(c4%12)c(c16)n2c35. The highest BCUT2D eigenvalue weighted by Crippen LogP contribution is 2.90. The van der Waals surface area contributed by atoms with E-state index >= 15 is 0 Å². The van der Waals surface area contributed by atoms with Crippen LogP contribution in [0.1, 0.15) is 22.3 Å². The lowest BCUT2D eigenvalue weighted by molar-refractivity contribution is 0.259. The molecule has 0 atom stereocenters. The Morgan fingerprint density at radius 1 is 0.0667 bits per heavy atom. The quantitative estimate of drug-likeness (QED) is 0.145. The molecule has 0 saturated carbocycles. The number of hydrogen-bond acceptors (Lipinski definition) is 0. The van der Waals surface area contributed by atoms with Gasteiger partial charge in [0.05, 0.1) is 22.1 Å². The van der Waals surface area contributed by atoms with Gasteiger partial charge in [-0.05, 0) is 226 Å². The van der Waals surface area contributed by atoms with Crippen LogP contribution in [0.2, 0.25) is 0 Å². The minimum Gasteiger partial charge on any atom is -0.321 e. The highest BCUT2D eigenvalue weighted by molar-refractivity contribution is 6.88. The van der Waals surface area contributed by atoms with E-state index in [-0.39, 0.29) is 0 Å². The Labute approximate surface area is 641 Å². The molecule has 2 aromatic heterocycles. The van der Waals surface area contributed by atoms with Crippen molar-refractivity contribution in [1.29, 1.82) is 0 Å². The van der Waals surface area contributed by atoms with E-state index in [0.717, 1.165) is 0 Å². The third kappa shape index (κ3) is 2.01. The fourth-order valence-corrected chi connectivity index (χ4v) is 46.4. The van der Waals surface area contributed by atoms with Gasteiger partial charge >= 0.3 is 0 Å². The third-order valence-corrected chi connectivity index (χ3v) is 45.9. The Bertz CT molecular complexity index is 13700. The van der Waals surface area contributed by atoms with Crippen LogP contribution in [0, 0.1) is 0 Å². The minimum atomic E-state index is -0.860. The lowest BCUT2D eigenvalue weighted by Gasteiger charge is -2.56. The molecule has 6 heterocycles. The van der Waals surface area contributed by atoms with Crippen LogP contribution in [0.5, 0.6) is 0 Å². The Morgan fingerprint density at radius 3 is 0.217 bits per heavy atom.